The van der Waals surface area contributed by atoms with Crippen LogP contribution in [0.1, 0.15) is 62.4 Å². The normalized spacial score (nSPS) is 17.6. The van der Waals surface area contributed by atoms with E-state index in [0.717, 1.165) is 25.6 Å². The van der Waals surface area contributed by atoms with Crippen LogP contribution < -0.4 is 5.32 Å². The molecule has 0 radical (unpaired) electrons. The highest BCUT2D eigenvalue weighted by Gasteiger charge is 2.13. The highest BCUT2D eigenvalue weighted by molar-refractivity contribution is 5.24. The van der Waals surface area contributed by atoms with Gasteiger partial charge in [0.15, 0.2) is 0 Å². The third-order valence-corrected chi connectivity index (χ3v) is 4.49. The molecule has 1 aromatic heterocycles. The molecule has 19 heavy (non-hydrogen) atoms. The second kappa shape index (κ2) is 7.09. The summed E-state index contributed by atoms with van der Waals surface area (Å²) in [6, 6.07) is 0.754. The molecule has 0 atom stereocenters. The van der Waals surface area contributed by atoms with Gasteiger partial charge in [0.2, 0.25) is 0 Å². The van der Waals surface area contributed by atoms with Gasteiger partial charge in [-0.3, -0.25) is 4.68 Å². The van der Waals surface area contributed by atoms with Crippen molar-refractivity contribution in [2.24, 2.45) is 0 Å². The highest BCUT2D eigenvalue weighted by atomic mass is 15.3. The predicted octanol–water partition coefficient (Wildman–Crippen LogP) is 3.37. The first kappa shape index (κ1) is 14.6. The fraction of sp³-hybridized carbons (Fsp3) is 0.812. The fourth-order valence-electron chi connectivity index (χ4n) is 3.29. The summed E-state index contributed by atoms with van der Waals surface area (Å²) in [4.78, 5) is 0. The van der Waals surface area contributed by atoms with Crippen LogP contribution in [0.25, 0.3) is 0 Å². The molecular weight excluding hydrogens is 234 g/mol. The van der Waals surface area contributed by atoms with Gasteiger partial charge in [0.1, 0.15) is 0 Å². The first-order chi connectivity index (χ1) is 9.22. The minimum Gasteiger partial charge on any atom is -0.314 e. The summed E-state index contributed by atoms with van der Waals surface area (Å²) in [5.41, 5.74) is 4.01. The Morgan fingerprint density at radius 1 is 1.16 bits per heavy atom. The molecule has 3 heteroatoms. The Bertz CT molecular complexity index is 387. The maximum absolute atomic E-state index is 4.60. The molecule has 0 aromatic carbocycles. The van der Waals surface area contributed by atoms with Crippen molar-refractivity contribution < 1.29 is 0 Å². The molecule has 108 valence electrons. The Kier molecular flexibility index (Phi) is 5.44. The maximum atomic E-state index is 4.60. The number of hydrogen-bond acceptors (Lipinski definition) is 2. The molecule has 0 saturated heterocycles. The zero-order valence-electron chi connectivity index (χ0n) is 12.8. The van der Waals surface area contributed by atoms with Crippen LogP contribution in [-0.4, -0.2) is 22.4 Å². The molecule has 1 saturated carbocycles. The summed E-state index contributed by atoms with van der Waals surface area (Å²) in [5.74, 6) is 0. The van der Waals surface area contributed by atoms with Crippen LogP contribution in [-0.2, 0) is 13.0 Å². The van der Waals surface area contributed by atoms with Crippen molar-refractivity contribution in [2.45, 2.75) is 78.3 Å². The topological polar surface area (TPSA) is 29.9 Å². The van der Waals surface area contributed by atoms with Gasteiger partial charge in [-0.25, -0.2) is 0 Å². The Hall–Kier alpha value is -0.830. The lowest BCUT2D eigenvalue weighted by Gasteiger charge is -2.16. The molecule has 1 aliphatic carbocycles. The van der Waals surface area contributed by atoms with Gasteiger partial charge in [0.25, 0.3) is 0 Å². The van der Waals surface area contributed by atoms with Gasteiger partial charge in [-0.05, 0) is 52.1 Å². The number of nitrogens with zero attached hydrogens (tertiary/aromatic N) is 2. The average Bonchev–Trinajstić information content (AvgIpc) is 2.62. The quantitative estimate of drug-likeness (QED) is 0.825. The van der Waals surface area contributed by atoms with Crippen molar-refractivity contribution in [3.05, 3.63) is 17.0 Å². The van der Waals surface area contributed by atoms with Gasteiger partial charge in [0.05, 0.1) is 5.69 Å². The molecule has 1 aromatic rings. The zero-order valence-corrected chi connectivity index (χ0v) is 12.8. The Balaban J connectivity index is 1.83. The maximum Gasteiger partial charge on any atom is 0.0628 e. The summed E-state index contributed by atoms with van der Waals surface area (Å²) >= 11 is 0. The molecule has 0 unspecified atom stereocenters. The van der Waals surface area contributed by atoms with E-state index < -0.39 is 0 Å². The molecule has 1 N–H and O–H groups in total. The van der Waals surface area contributed by atoms with E-state index in [-0.39, 0.29) is 0 Å². The van der Waals surface area contributed by atoms with E-state index in [4.69, 9.17) is 0 Å². The van der Waals surface area contributed by atoms with Crippen LogP contribution in [0, 0.1) is 13.8 Å². The number of rotatable bonds is 5. The highest BCUT2D eigenvalue weighted by Crippen LogP contribution is 2.18. The fourth-order valence-corrected chi connectivity index (χ4v) is 3.29. The van der Waals surface area contributed by atoms with Crippen molar-refractivity contribution in [2.75, 3.05) is 6.54 Å². The molecule has 2 rings (SSSR count). The third-order valence-electron chi connectivity index (χ3n) is 4.49. The molecule has 1 aliphatic rings. The second-order valence-electron chi connectivity index (χ2n) is 5.86. The number of hydrogen-bond donors (Lipinski definition) is 1. The van der Waals surface area contributed by atoms with Crippen molar-refractivity contribution in [1.29, 1.82) is 0 Å². The summed E-state index contributed by atoms with van der Waals surface area (Å²) in [7, 11) is 0. The van der Waals surface area contributed by atoms with E-state index in [1.165, 1.54) is 55.5 Å². The van der Waals surface area contributed by atoms with Crippen LogP contribution >= 0.6 is 0 Å². The van der Waals surface area contributed by atoms with E-state index in [2.05, 4.69) is 35.9 Å². The van der Waals surface area contributed by atoms with Crippen molar-refractivity contribution in [1.82, 2.24) is 15.1 Å². The van der Waals surface area contributed by atoms with E-state index >= 15 is 0 Å². The van der Waals surface area contributed by atoms with Crippen LogP contribution in [0.3, 0.4) is 0 Å². The Morgan fingerprint density at radius 2 is 1.84 bits per heavy atom. The number of nitrogens with one attached hydrogen (secondary N) is 1. The van der Waals surface area contributed by atoms with Gasteiger partial charge in [-0.2, -0.15) is 5.10 Å². The van der Waals surface area contributed by atoms with Crippen molar-refractivity contribution >= 4 is 0 Å². The van der Waals surface area contributed by atoms with Gasteiger partial charge in [-0.1, -0.05) is 25.7 Å². The summed E-state index contributed by atoms with van der Waals surface area (Å²) in [5, 5.41) is 8.35. The standard InChI is InChI=1S/C16H29N3/c1-4-19-14(3)16(13(2)18-19)11-12-17-15-9-7-5-6-8-10-15/h15,17H,4-12H2,1-3H3. The molecule has 0 bridgehead atoms. The van der Waals surface area contributed by atoms with Gasteiger partial charge < -0.3 is 5.32 Å². The first-order valence-corrected chi connectivity index (χ1v) is 7.98. The smallest absolute Gasteiger partial charge is 0.0628 e. The molecule has 0 amide bonds. The second-order valence-corrected chi connectivity index (χ2v) is 5.86. The molecule has 3 nitrogen and oxygen atoms in total. The SMILES string of the molecule is CCn1nc(C)c(CCNC2CCCCCC2)c1C. The number of aromatic nitrogens is 2. The Labute approximate surface area is 117 Å². The van der Waals surface area contributed by atoms with Crippen LogP contribution in [0.4, 0.5) is 0 Å². The summed E-state index contributed by atoms with van der Waals surface area (Å²) < 4.78 is 2.12. The molecule has 1 heterocycles. The van der Waals surface area contributed by atoms with Crippen LogP contribution in [0.5, 0.6) is 0 Å². The summed E-state index contributed by atoms with van der Waals surface area (Å²) in [6.07, 6.45) is 9.53. The van der Waals surface area contributed by atoms with Gasteiger partial charge >= 0.3 is 0 Å². The zero-order chi connectivity index (χ0) is 13.7. The minimum absolute atomic E-state index is 0.754. The lowest BCUT2D eigenvalue weighted by Crippen LogP contribution is -2.30. The largest absolute Gasteiger partial charge is 0.314 e. The molecular formula is C16H29N3. The Morgan fingerprint density at radius 3 is 2.42 bits per heavy atom. The first-order valence-electron chi connectivity index (χ1n) is 7.98. The minimum atomic E-state index is 0.754. The molecule has 1 fully saturated rings. The lowest BCUT2D eigenvalue weighted by molar-refractivity contribution is 0.462. The third kappa shape index (κ3) is 3.82. The van der Waals surface area contributed by atoms with Crippen LogP contribution in [0.15, 0.2) is 0 Å². The monoisotopic (exact) mass is 263 g/mol. The lowest BCUT2D eigenvalue weighted by atomic mass is 10.1. The van der Waals surface area contributed by atoms with Crippen molar-refractivity contribution in [3.63, 3.8) is 0 Å². The van der Waals surface area contributed by atoms with Crippen LogP contribution in [0.2, 0.25) is 0 Å². The molecule has 0 spiro atoms. The van der Waals surface area contributed by atoms with Gasteiger partial charge in [0, 0.05) is 18.3 Å². The van der Waals surface area contributed by atoms with Crippen molar-refractivity contribution in [3.8, 4) is 0 Å². The van der Waals surface area contributed by atoms with E-state index in [0.29, 0.717) is 0 Å². The van der Waals surface area contributed by atoms with Gasteiger partial charge in [-0.15, -0.1) is 0 Å². The van der Waals surface area contributed by atoms with E-state index in [1.54, 1.807) is 0 Å². The number of aryl methyl sites for hydroxylation is 2. The van der Waals surface area contributed by atoms with E-state index in [9.17, 15) is 0 Å². The summed E-state index contributed by atoms with van der Waals surface area (Å²) in [6.45, 7) is 8.57. The van der Waals surface area contributed by atoms with E-state index in [1.807, 2.05) is 0 Å². The average molecular weight is 263 g/mol. The molecule has 0 aliphatic heterocycles. The predicted molar refractivity (Wildman–Crippen MR) is 80.6 cm³/mol.